The molecule has 2 aromatic rings. The standard InChI is InChI=1S/C12H12N2O2/c13-11(15)7-8-14-10-4-2-1-3-9(10)5-6-12(14)16/h1-6H,7-8H2,(H2,13,15). The van der Waals surface area contributed by atoms with Gasteiger partial charge in [-0.05, 0) is 17.5 Å². The molecule has 0 saturated heterocycles. The number of carbonyl (C=O) groups is 1. The molecular formula is C12H12N2O2. The van der Waals surface area contributed by atoms with Crippen molar-refractivity contribution in [1.29, 1.82) is 0 Å². The third kappa shape index (κ3) is 1.95. The molecule has 0 unspecified atom stereocenters. The van der Waals surface area contributed by atoms with Crippen LogP contribution in [-0.4, -0.2) is 10.5 Å². The van der Waals surface area contributed by atoms with Crippen LogP contribution in [0.25, 0.3) is 10.9 Å². The summed E-state index contributed by atoms with van der Waals surface area (Å²) in [6, 6.07) is 10.8. The SMILES string of the molecule is NC(=O)CCn1c(=O)ccc2ccccc21. The van der Waals surface area contributed by atoms with E-state index in [1.165, 1.54) is 6.07 Å². The first-order chi connectivity index (χ1) is 7.68. The highest BCUT2D eigenvalue weighted by Crippen LogP contribution is 2.10. The van der Waals surface area contributed by atoms with Crippen LogP contribution in [0, 0.1) is 0 Å². The first-order valence-electron chi connectivity index (χ1n) is 5.05. The summed E-state index contributed by atoms with van der Waals surface area (Å²) in [7, 11) is 0. The molecule has 0 radical (unpaired) electrons. The highest BCUT2D eigenvalue weighted by molar-refractivity contribution is 5.79. The maximum Gasteiger partial charge on any atom is 0.251 e. The number of rotatable bonds is 3. The maximum atomic E-state index is 11.7. The molecule has 1 heterocycles. The molecular weight excluding hydrogens is 204 g/mol. The number of hydrogen-bond acceptors (Lipinski definition) is 2. The minimum Gasteiger partial charge on any atom is -0.370 e. The molecule has 1 aromatic carbocycles. The average Bonchev–Trinajstić information content (AvgIpc) is 2.27. The van der Waals surface area contributed by atoms with E-state index in [0.29, 0.717) is 6.54 Å². The van der Waals surface area contributed by atoms with E-state index >= 15 is 0 Å². The number of primary amides is 1. The Morgan fingerprint density at radius 3 is 2.69 bits per heavy atom. The summed E-state index contributed by atoms with van der Waals surface area (Å²) in [5, 5.41) is 0.978. The van der Waals surface area contributed by atoms with Crippen molar-refractivity contribution < 1.29 is 4.79 Å². The van der Waals surface area contributed by atoms with Gasteiger partial charge in [0.15, 0.2) is 0 Å². The van der Waals surface area contributed by atoms with E-state index in [2.05, 4.69) is 0 Å². The Hall–Kier alpha value is -2.10. The number of nitrogens with zero attached hydrogens (tertiary/aromatic N) is 1. The summed E-state index contributed by atoms with van der Waals surface area (Å²) in [6.07, 6.45) is 0.175. The summed E-state index contributed by atoms with van der Waals surface area (Å²) in [4.78, 5) is 22.4. The van der Waals surface area contributed by atoms with Crippen LogP contribution in [0.15, 0.2) is 41.2 Å². The molecule has 0 fully saturated rings. The zero-order valence-corrected chi connectivity index (χ0v) is 8.72. The monoisotopic (exact) mass is 216 g/mol. The lowest BCUT2D eigenvalue weighted by molar-refractivity contribution is -0.118. The fraction of sp³-hybridized carbons (Fsp3) is 0.167. The average molecular weight is 216 g/mol. The largest absolute Gasteiger partial charge is 0.370 e. The number of amides is 1. The normalized spacial score (nSPS) is 10.5. The van der Waals surface area contributed by atoms with Crippen LogP contribution in [0.5, 0.6) is 0 Å². The Morgan fingerprint density at radius 1 is 1.19 bits per heavy atom. The molecule has 0 atom stereocenters. The van der Waals surface area contributed by atoms with Crippen LogP contribution >= 0.6 is 0 Å². The van der Waals surface area contributed by atoms with Gasteiger partial charge in [0, 0.05) is 19.0 Å². The van der Waals surface area contributed by atoms with Crippen molar-refractivity contribution in [2.24, 2.45) is 5.73 Å². The highest BCUT2D eigenvalue weighted by atomic mass is 16.1. The van der Waals surface area contributed by atoms with Crippen molar-refractivity contribution in [3.8, 4) is 0 Å². The molecule has 1 amide bonds. The minimum atomic E-state index is -0.403. The minimum absolute atomic E-state index is 0.111. The van der Waals surface area contributed by atoms with E-state index in [4.69, 9.17) is 5.73 Å². The van der Waals surface area contributed by atoms with Gasteiger partial charge in [0.1, 0.15) is 0 Å². The van der Waals surface area contributed by atoms with Crippen molar-refractivity contribution in [3.63, 3.8) is 0 Å². The lowest BCUT2D eigenvalue weighted by atomic mass is 10.2. The Morgan fingerprint density at radius 2 is 1.94 bits per heavy atom. The second-order valence-electron chi connectivity index (χ2n) is 3.60. The molecule has 16 heavy (non-hydrogen) atoms. The second-order valence-corrected chi connectivity index (χ2v) is 3.60. The topological polar surface area (TPSA) is 65.1 Å². The van der Waals surface area contributed by atoms with Gasteiger partial charge in [-0.1, -0.05) is 18.2 Å². The summed E-state index contributed by atoms with van der Waals surface area (Å²) in [5.74, 6) is -0.403. The number of hydrogen-bond donors (Lipinski definition) is 1. The van der Waals surface area contributed by atoms with Crippen molar-refractivity contribution >= 4 is 16.8 Å². The van der Waals surface area contributed by atoms with Gasteiger partial charge >= 0.3 is 0 Å². The number of aromatic nitrogens is 1. The molecule has 0 spiro atoms. The van der Waals surface area contributed by atoms with Gasteiger partial charge in [0.05, 0.1) is 5.52 Å². The van der Waals surface area contributed by atoms with Gasteiger partial charge in [-0.3, -0.25) is 9.59 Å². The van der Waals surface area contributed by atoms with Gasteiger partial charge in [-0.2, -0.15) is 0 Å². The molecule has 0 aliphatic rings. The van der Waals surface area contributed by atoms with Crippen molar-refractivity contribution in [3.05, 3.63) is 46.8 Å². The zero-order valence-electron chi connectivity index (χ0n) is 8.72. The first kappa shape index (κ1) is 10.4. The van der Waals surface area contributed by atoms with Crippen LogP contribution in [0.3, 0.4) is 0 Å². The Labute approximate surface area is 92.3 Å². The van der Waals surface area contributed by atoms with Crippen molar-refractivity contribution in [1.82, 2.24) is 4.57 Å². The summed E-state index contributed by atoms with van der Waals surface area (Å²) >= 11 is 0. The van der Waals surface area contributed by atoms with Crippen LogP contribution < -0.4 is 11.3 Å². The smallest absolute Gasteiger partial charge is 0.251 e. The molecule has 2 N–H and O–H groups in total. The predicted octanol–water partition coefficient (Wildman–Crippen LogP) is 0.877. The number of benzene rings is 1. The van der Waals surface area contributed by atoms with E-state index < -0.39 is 5.91 Å². The third-order valence-corrected chi connectivity index (χ3v) is 2.48. The third-order valence-electron chi connectivity index (χ3n) is 2.48. The number of para-hydroxylation sites is 1. The van der Waals surface area contributed by atoms with E-state index in [0.717, 1.165) is 10.9 Å². The quantitative estimate of drug-likeness (QED) is 0.827. The van der Waals surface area contributed by atoms with Crippen LogP contribution in [-0.2, 0) is 11.3 Å². The number of fused-ring (bicyclic) bond motifs is 1. The van der Waals surface area contributed by atoms with E-state index in [-0.39, 0.29) is 12.0 Å². The molecule has 4 nitrogen and oxygen atoms in total. The molecule has 4 heteroatoms. The van der Waals surface area contributed by atoms with Gasteiger partial charge in [0.2, 0.25) is 5.91 Å². The Bertz CT molecular complexity index is 587. The van der Waals surface area contributed by atoms with Gasteiger partial charge in [-0.15, -0.1) is 0 Å². The molecule has 0 saturated carbocycles. The Balaban J connectivity index is 2.53. The maximum absolute atomic E-state index is 11.7. The molecule has 0 bridgehead atoms. The first-order valence-corrected chi connectivity index (χ1v) is 5.05. The molecule has 0 aliphatic heterocycles. The van der Waals surface area contributed by atoms with Gasteiger partial charge in [-0.25, -0.2) is 0 Å². The summed E-state index contributed by atoms with van der Waals surface area (Å²) < 4.78 is 1.57. The fourth-order valence-corrected chi connectivity index (χ4v) is 1.70. The van der Waals surface area contributed by atoms with Gasteiger partial charge in [0.25, 0.3) is 5.56 Å². The predicted molar refractivity (Wildman–Crippen MR) is 62.0 cm³/mol. The van der Waals surface area contributed by atoms with Crippen LogP contribution in [0.2, 0.25) is 0 Å². The van der Waals surface area contributed by atoms with Crippen molar-refractivity contribution in [2.45, 2.75) is 13.0 Å². The number of carbonyl (C=O) groups excluding carboxylic acids is 1. The van der Waals surface area contributed by atoms with E-state index in [9.17, 15) is 9.59 Å². The van der Waals surface area contributed by atoms with Gasteiger partial charge < -0.3 is 10.3 Å². The van der Waals surface area contributed by atoms with Crippen LogP contribution in [0.1, 0.15) is 6.42 Å². The molecule has 2 rings (SSSR count). The summed E-state index contributed by atoms with van der Waals surface area (Å²) in [5.41, 5.74) is 5.80. The Kier molecular flexibility index (Phi) is 2.72. The highest BCUT2D eigenvalue weighted by Gasteiger charge is 2.03. The van der Waals surface area contributed by atoms with E-state index in [1.807, 2.05) is 24.3 Å². The summed E-state index contributed by atoms with van der Waals surface area (Å²) in [6.45, 7) is 0.329. The fourth-order valence-electron chi connectivity index (χ4n) is 1.70. The molecule has 1 aromatic heterocycles. The number of aryl methyl sites for hydroxylation is 1. The second kappa shape index (κ2) is 4.18. The van der Waals surface area contributed by atoms with Crippen molar-refractivity contribution in [2.75, 3.05) is 0 Å². The van der Waals surface area contributed by atoms with E-state index in [1.54, 1.807) is 10.6 Å². The zero-order chi connectivity index (χ0) is 11.5. The lowest BCUT2D eigenvalue weighted by Crippen LogP contribution is -2.22. The number of pyridine rings is 1. The lowest BCUT2D eigenvalue weighted by Gasteiger charge is -2.08. The molecule has 0 aliphatic carbocycles. The number of nitrogens with two attached hydrogens (primary N) is 1. The van der Waals surface area contributed by atoms with Crippen LogP contribution in [0.4, 0.5) is 0 Å². The molecule has 82 valence electrons.